The molecule has 1 N–H and O–H groups in total. The SMILES string of the molecule is CCCN(CC1CC1)c1ccc([C@@H](C)O)cc1. The summed E-state index contributed by atoms with van der Waals surface area (Å²) in [5.74, 6) is 0.915. The molecule has 2 heteroatoms. The van der Waals surface area contributed by atoms with Crippen LogP contribution in [0.4, 0.5) is 5.69 Å². The van der Waals surface area contributed by atoms with Gasteiger partial charge in [-0.2, -0.15) is 0 Å². The Morgan fingerprint density at radius 3 is 2.41 bits per heavy atom. The minimum Gasteiger partial charge on any atom is -0.389 e. The Labute approximate surface area is 104 Å². The zero-order valence-corrected chi connectivity index (χ0v) is 10.9. The molecule has 0 aliphatic heterocycles. The van der Waals surface area contributed by atoms with E-state index in [1.165, 1.54) is 31.5 Å². The lowest BCUT2D eigenvalue weighted by molar-refractivity contribution is 0.199. The first-order valence-electron chi connectivity index (χ1n) is 6.73. The maximum atomic E-state index is 9.50. The van der Waals surface area contributed by atoms with Crippen LogP contribution in [0, 0.1) is 5.92 Å². The van der Waals surface area contributed by atoms with Crippen LogP contribution in [-0.4, -0.2) is 18.2 Å². The monoisotopic (exact) mass is 233 g/mol. The maximum Gasteiger partial charge on any atom is 0.0761 e. The normalized spacial score (nSPS) is 16.9. The third-order valence-electron chi connectivity index (χ3n) is 3.41. The lowest BCUT2D eigenvalue weighted by Crippen LogP contribution is -2.26. The van der Waals surface area contributed by atoms with Crippen molar-refractivity contribution in [1.29, 1.82) is 0 Å². The number of aliphatic hydroxyl groups is 1. The van der Waals surface area contributed by atoms with Gasteiger partial charge in [-0.1, -0.05) is 19.1 Å². The largest absolute Gasteiger partial charge is 0.389 e. The molecule has 0 heterocycles. The van der Waals surface area contributed by atoms with Gasteiger partial charge in [0.25, 0.3) is 0 Å². The Hall–Kier alpha value is -1.02. The number of hydrogen-bond acceptors (Lipinski definition) is 2. The predicted molar refractivity (Wildman–Crippen MR) is 72.3 cm³/mol. The molecule has 1 aromatic carbocycles. The fraction of sp³-hybridized carbons (Fsp3) is 0.600. The average molecular weight is 233 g/mol. The molecule has 1 aliphatic rings. The number of anilines is 1. The van der Waals surface area contributed by atoms with Crippen molar-refractivity contribution in [2.75, 3.05) is 18.0 Å². The van der Waals surface area contributed by atoms with Crippen molar-refractivity contribution in [3.8, 4) is 0 Å². The van der Waals surface area contributed by atoms with Crippen molar-refractivity contribution < 1.29 is 5.11 Å². The second kappa shape index (κ2) is 5.54. The molecule has 0 aromatic heterocycles. The Morgan fingerprint density at radius 2 is 1.94 bits per heavy atom. The van der Waals surface area contributed by atoms with Crippen LogP contribution in [0.5, 0.6) is 0 Å². The first-order valence-corrected chi connectivity index (χ1v) is 6.73. The van der Waals surface area contributed by atoms with Crippen molar-refractivity contribution >= 4 is 5.69 Å². The van der Waals surface area contributed by atoms with E-state index >= 15 is 0 Å². The molecule has 0 amide bonds. The highest BCUT2D eigenvalue weighted by Gasteiger charge is 2.24. The Balaban J connectivity index is 2.05. The van der Waals surface area contributed by atoms with Gasteiger partial charge in [-0.25, -0.2) is 0 Å². The van der Waals surface area contributed by atoms with Crippen molar-refractivity contribution in [3.05, 3.63) is 29.8 Å². The Bertz CT molecular complexity index is 340. The molecule has 17 heavy (non-hydrogen) atoms. The number of hydrogen-bond donors (Lipinski definition) is 1. The summed E-state index contributed by atoms with van der Waals surface area (Å²) < 4.78 is 0. The molecule has 0 bridgehead atoms. The molecule has 2 rings (SSSR count). The third-order valence-corrected chi connectivity index (χ3v) is 3.41. The summed E-state index contributed by atoms with van der Waals surface area (Å²) in [6, 6.07) is 8.35. The van der Waals surface area contributed by atoms with Gasteiger partial charge in [-0.15, -0.1) is 0 Å². The van der Waals surface area contributed by atoms with E-state index in [0.29, 0.717) is 0 Å². The molecule has 0 unspecified atom stereocenters. The van der Waals surface area contributed by atoms with Crippen molar-refractivity contribution in [3.63, 3.8) is 0 Å². The van der Waals surface area contributed by atoms with Crippen LogP contribution in [0.1, 0.15) is 44.8 Å². The van der Waals surface area contributed by atoms with E-state index < -0.39 is 0 Å². The molecule has 0 spiro atoms. The van der Waals surface area contributed by atoms with E-state index in [9.17, 15) is 5.11 Å². The molecule has 94 valence electrons. The van der Waals surface area contributed by atoms with E-state index in [0.717, 1.165) is 18.0 Å². The number of rotatable bonds is 6. The Kier molecular flexibility index (Phi) is 4.06. The van der Waals surface area contributed by atoms with Crippen molar-refractivity contribution in [1.82, 2.24) is 0 Å². The number of aliphatic hydroxyl groups excluding tert-OH is 1. The maximum absolute atomic E-state index is 9.50. The van der Waals surface area contributed by atoms with E-state index in [2.05, 4.69) is 24.0 Å². The highest BCUT2D eigenvalue weighted by Crippen LogP contribution is 2.31. The van der Waals surface area contributed by atoms with Crippen LogP contribution >= 0.6 is 0 Å². The van der Waals surface area contributed by atoms with E-state index in [1.807, 2.05) is 19.1 Å². The van der Waals surface area contributed by atoms with Gasteiger partial charge in [0, 0.05) is 18.8 Å². The van der Waals surface area contributed by atoms with Gasteiger partial charge in [-0.05, 0) is 49.8 Å². The molecule has 1 atom stereocenters. The van der Waals surface area contributed by atoms with Gasteiger partial charge in [0.1, 0.15) is 0 Å². The van der Waals surface area contributed by atoms with Gasteiger partial charge < -0.3 is 10.0 Å². The molecule has 0 saturated heterocycles. The van der Waals surface area contributed by atoms with Crippen LogP contribution in [0.15, 0.2) is 24.3 Å². The summed E-state index contributed by atoms with van der Waals surface area (Å²) in [6.45, 7) is 6.36. The lowest BCUT2D eigenvalue weighted by atomic mass is 10.1. The second-order valence-corrected chi connectivity index (χ2v) is 5.16. The molecule has 2 nitrogen and oxygen atoms in total. The predicted octanol–water partition coefficient (Wildman–Crippen LogP) is 3.37. The third kappa shape index (κ3) is 3.47. The molecule has 1 aliphatic carbocycles. The van der Waals surface area contributed by atoms with E-state index in [1.54, 1.807) is 0 Å². The summed E-state index contributed by atoms with van der Waals surface area (Å²) in [5, 5.41) is 9.50. The smallest absolute Gasteiger partial charge is 0.0761 e. The topological polar surface area (TPSA) is 23.5 Å². The molecule has 0 radical (unpaired) electrons. The zero-order valence-electron chi connectivity index (χ0n) is 10.9. The first-order chi connectivity index (χ1) is 8.20. The Morgan fingerprint density at radius 1 is 1.29 bits per heavy atom. The fourth-order valence-corrected chi connectivity index (χ4v) is 2.17. The van der Waals surface area contributed by atoms with Gasteiger partial charge in [0.05, 0.1) is 6.10 Å². The van der Waals surface area contributed by atoms with Gasteiger partial charge in [0.2, 0.25) is 0 Å². The van der Waals surface area contributed by atoms with Crippen LogP contribution in [0.25, 0.3) is 0 Å². The standard InChI is InChI=1S/C15H23NO/c1-3-10-16(11-13-4-5-13)15-8-6-14(7-9-15)12(2)17/h6-9,12-13,17H,3-5,10-11H2,1-2H3/t12-/m1/s1. The zero-order chi connectivity index (χ0) is 12.3. The summed E-state index contributed by atoms with van der Waals surface area (Å²) in [6.07, 6.45) is 3.61. The molecule has 1 saturated carbocycles. The first kappa shape index (κ1) is 12.4. The van der Waals surface area contributed by atoms with Gasteiger partial charge in [-0.3, -0.25) is 0 Å². The van der Waals surface area contributed by atoms with Crippen LogP contribution in [-0.2, 0) is 0 Å². The summed E-state index contributed by atoms with van der Waals surface area (Å²) in [4.78, 5) is 2.48. The lowest BCUT2D eigenvalue weighted by Gasteiger charge is -2.24. The molecular formula is C15H23NO. The number of benzene rings is 1. The summed E-state index contributed by atoms with van der Waals surface area (Å²) >= 11 is 0. The van der Waals surface area contributed by atoms with E-state index in [-0.39, 0.29) is 6.10 Å². The molecular weight excluding hydrogens is 210 g/mol. The highest BCUT2D eigenvalue weighted by atomic mass is 16.3. The van der Waals surface area contributed by atoms with Crippen LogP contribution in [0.2, 0.25) is 0 Å². The molecule has 1 fully saturated rings. The minimum absolute atomic E-state index is 0.368. The van der Waals surface area contributed by atoms with Gasteiger partial charge in [0.15, 0.2) is 0 Å². The average Bonchev–Trinajstić information content (AvgIpc) is 3.13. The fourth-order valence-electron chi connectivity index (χ4n) is 2.17. The van der Waals surface area contributed by atoms with Crippen LogP contribution in [0.3, 0.4) is 0 Å². The highest BCUT2D eigenvalue weighted by molar-refractivity contribution is 5.48. The van der Waals surface area contributed by atoms with Gasteiger partial charge >= 0.3 is 0 Å². The second-order valence-electron chi connectivity index (χ2n) is 5.16. The quantitative estimate of drug-likeness (QED) is 0.814. The minimum atomic E-state index is -0.368. The number of nitrogens with zero attached hydrogens (tertiary/aromatic N) is 1. The van der Waals surface area contributed by atoms with Crippen molar-refractivity contribution in [2.24, 2.45) is 5.92 Å². The van der Waals surface area contributed by atoms with Crippen molar-refractivity contribution in [2.45, 2.75) is 39.2 Å². The van der Waals surface area contributed by atoms with Crippen LogP contribution < -0.4 is 4.90 Å². The summed E-state index contributed by atoms with van der Waals surface area (Å²) in [7, 11) is 0. The van der Waals surface area contributed by atoms with E-state index in [4.69, 9.17) is 0 Å². The summed E-state index contributed by atoms with van der Waals surface area (Å²) in [5.41, 5.74) is 2.29. The molecule has 1 aromatic rings.